The zero-order valence-corrected chi connectivity index (χ0v) is 10.6. The minimum atomic E-state index is -1.00. The van der Waals surface area contributed by atoms with Gasteiger partial charge in [-0.1, -0.05) is 0 Å². The van der Waals surface area contributed by atoms with Gasteiger partial charge >= 0.3 is 12.0 Å². The number of hydrogen-bond donors (Lipinski definition) is 3. The SMILES string of the molecule is O=C(NCc1nccs1)Nc1ccc(C(=O)O)cc1. The number of carbonyl (C=O) groups is 2. The van der Waals surface area contributed by atoms with Crippen molar-refractivity contribution in [1.82, 2.24) is 10.3 Å². The van der Waals surface area contributed by atoms with Crippen molar-refractivity contribution in [3.8, 4) is 0 Å². The molecule has 98 valence electrons. The molecular formula is C12H11N3O3S. The summed E-state index contributed by atoms with van der Waals surface area (Å²) in [6.45, 7) is 0.358. The van der Waals surface area contributed by atoms with Crippen molar-refractivity contribution in [2.45, 2.75) is 6.54 Å². The van der Waals surface area contributed by atoms with E-state index in [1.165, 1.54) is 35.6 Å². The number of aromatic nitrogens is 1. The van der Waals surface area contributed by atoms with E-state index in [0.29, 0.717) is 12.2 Å². The van der Waals surface area contributed by atoms with Gasteiger partial charge < -0.3 is 15.7 Å². The van der Waals surface area contributed by atoms with Crippen LogP contribution < -0.4 is 10.6 Å². The highest BCUT2D eigenvalue weighted by Crippen LogP contribution is 2.09. The molecule has 0 bridgehead atoms. The molecule has 3 N–H and O–H groups in total. The number of nitrogens with one attached hydrogen (secondary N) is 2. The first-order chi connectivity index (χ1) is 9.15. The lowest BCUT2D eigenvalue weighted by atomic mass is 10.2. The lowest BCUT2D eigenvalue weighted by Gasteiger charge is -2.06. The third kappa shape index (κ3) is 3.78. The summed E-state index contributed by atoms with van der Waals surface area (Å²) in [6.07, 6.45) is 1.67. The summed E-state index contributed by atoms with van der Waals surface area (Å²) in [5.74, 6) is -1.00. The first-order valence-corrected chi connectivity index (χ1v) is 6.29. The number of carboxylic acid groups (broad SMARTS) is 1. The Morgan fingerprint density at radius 3 is 2.58 bits per heavy atom. The number of carbonyl (C=O) groups excluding carboxylic acids is 1. The molecule has 19 heavy (non-hydrogen) atoms. The highest BCUT2D eigenvalue weighted by Gasteiger charge is 2.05. The molecule has 0 radical (unpaired) electrons. The Balaban J connectivity index is 1.86. The fraction of sp³-hybridized carbons (Fsp3) is 0.0833. The van der Waals surface area contributed by atoms with Gasteiger partial charge in [0.1, 0.15) is 5.01 Å². The van der Waals surface area contributed by atoms with E-state index in [2.05, 4.69) is 15.6 Å². The first-order valence-electron chi connectivity index (χ1n) is 5.42. The fourth-order valence-corrected chi connectivity index (χ4v) is 1.92. The number of amides is 2. The van der Waals surface area contributed by atoms with E-state index >= 15 is 0 Å². The molecule has 1 aromatic heterocycles. The summed E-state index contributed by atoms with van der Waals surface area (Å²) in [5.41, 5.74) is 0.704. The molecule has 0 spiro atoms. The smallest absolute Gasteiger partial charge is 0.335 e. The second kappa shape index (κ2) is 5.96. The number of nitrogens with zero attached hydrogens (tertiary/aromatic N) is 1. The van der Waals surface area contributed by atoms with E-state index in [4.69, 9.17) is 5.11 Å². The normalized spacial score (nSPS) is 9.89. The Bertz CT molecular complexity index is 566. The third-order valence-electron chi connectivity index (χ3n) is 2.27. The molecule has 1 heterocycles. The van der Waals surface area contributed by atoms with Crippen LogP contribution in [0.5, 0.6) is 0 Å². The number of anilines is 1. The molecule has 2 amide bonds. The van der Waals surface area contributed by atoms with Crippen molar-refractivity contribution in [1.29, 1.82) is 0 Å². The number of benzene rings is 1. The summed E-state index contributed by atoms with van der Waals surface area (Å²) in [5, 5.41) is 16.6. The highest BCUT2D eigenvalue weighted by molar-refractivity contribution is 7.09. The molecule has 0 atom stereocenters. The Kier molecular flexibility index (Phi) is 4.09. The van der Waals surface area contributed by atoms with Gasteiger partial charge in [-0.2, -0.15) is 0 Å². The van der Waals surface area contributed by atoms with Gasteiger partial charge in [0.2, 0.25) is 0 Å². The summed E-state index contributed by atoms with van der Waals surface area (Å²) in [6, 6.07) is 5.56. The van der Waals surface area contributed by atoms with Crippen LogP contribution in [0.2, 0.25) is 0 Å². The predicted octanol–water partition coefficient (Wildman–Crippen LogP) is 2.16. The van der Waals surface area contributed by atoms with E-state index in [0.717, 1.165) is 5.01 Å². The van der Waals surface area contributed by atoms with Crippen LogP contribution in [0.3, 0.4) is 0 Å². The molecule has 0 fully saturated rings. The number of rotatable bonds is 4. The van der Waals surface area contributed by atoms with Crippen LogP contribution in [0.15, 0.2) is 35.8 Å². The average molecular weight is 277 g/mol. The van der Waals surface area contributed by atoms with Gasteiger partial charge in [-0.05, 0) is 24.3 Å². The van der Waals surface area contributed by atoms with E-state index < -0.39 is 5.97 Å². The Morgan fingerprint density at radius 2 is 2.00 bits per heavy atom. The zero-order valence-electron chi connectivity index (χ0n) is 9.79. The Hall–Kier alpha value is -2.41. The van der Waals surface area contributed by atoms with Crippen LogP contribution in [0.1, 0.15) is 15.4 Å². The maximum Gasteiger partial charge on any atom is 0.335 e. The second-order valence-corrected chi connectivity index (χ2v) is 4.60. The maximum absolute atomic E-state index is 11.6. The van der Waals surface area contributed by atoms with Gasteiger partial charge in [-0.3, -0.25) is 0 Å². The van der Waals surface area contributed by atoms with E-state index in [1.807, 2.05) is 5.38 Å². The van der Waals surface area contributed by atoms with E-state index in [1.54, 1.807) is 6.20 Å². The summed E-state index contributed by atoms with van der Waals surface area (Å²) >= 11 is 1.46. The number of urea groups is 1. The highest BCUT2D eigenvalue weighted by atomic mass is 32.1. The van der Waals surface area contributed by atoms with Gasteiger partial charge in [0.25, 0.3) is 0 Å². The molecule has 0 aliphatic rings. The minimum Gasteiger partial charge on any atom is -0.478 e. The molecule has 7 heteroatoms. The summed E-state index contributed by atoms with van der Waals surface area (Å²) in [7, 11) is 0. The van der Waals surface area contributed by atoms with Crippen molar-refractivity contribution >= 4 is 29.0 Å². The molecule has 0 aliphatic heterocycles. The quantitative estimate of drug-likeness (QED) is 0.798. The predicted molar refractivity (Wildman–Crippen MR) is 71.4 cm³/mol. The third-order valence-corrected chi connectivity index (χ3v) is 3.05. The molecule has 6 nitrogen and oxygen atoms in total. The number of hydrogen-bond acceptors (Lipinski definition) is 4. The van der Waals surface area contributed by atoms with Gasteiger partial charge in [0.15, 0.2) is 0 Å². The van der Waals surface area contributed by atoms with Crippen LogP contribution in [0.25, 0.3) is 0 Å². The molecular weight excluding hydrogens is 266 g/mol. The van der Waals surface area contributed by atoms with Crippen LogP contribution in [0.4, 0.5) is 10.5 Å². The van der Waals surface area contributed by atoms with Crippen molar-refractivity contribution in [2.75, 3.05) is 5.32 Å². The summed E-state index contributed by atoms with van der Waals surface area (Å²) < 4.78 is 0. The van der Waals surface area contributed by atoms with Crippen molar-refractivity contribution < 1.29 is 14.7 Å². The minimum absolute atomic E-state index is 0.175. The number of carboxylic acids is 1. The number of thiazole rings is 1. The Morgan fingerprint density at radius 1 is 1.26 bits per heavy atom. The average Bonchev–Trinajstić information content (AvgIpc) is 2.90. The topological polar surface area (TPSA) is 91.3 Å². The standard InChI is InChI=1S/C12H11N3O3S/c16-11(17)8-1-3-9(4-2-8)15-12(18)14-7-10-13-5-6-19-10/h1-6H,7H2,(H,16,17)(H2,14,15,18). The largest absolute Gasteiger partial charge is 0.478 e. The zero-order chi connectivity index (χ0) is 13.7. The second-order valence-electron chi connectivity index (χ2n) is 3.62. The molecule has 1 aromatic carbocycles. The van der Waals surface area contributed by atoms with E-state index in [-0.39, 0.29) is 11.6 Å². The maximum atomic E-state index is 11.6. The van der Waals surface area contributed by atoms with Crippen molar-refractivity contribution in [3.63, 3.8) is 0 Å². The summed E-state index contributed by atoms with van der Waals surface area (Å²) in [4.78, 5) is 26.3. The van der Waals surface area contributed by atoms with Crippen molar-refractivity contribution in [3.05, 3.63) is 46.4 Å². The van der Waals surface area contributed by atoms with Gasteiger partial charge in [0, 0.05) is 17.3 Å². The first kappa shape index (κ1) is 13.0. The van der Waals surface area contributed by atoms with Gasteiger partial charge in [0.05, 0.1) is 12.1 Å². The van der Waals surface area contributed by atoms with Crippen LogP contribution >= 0.6 is 11.3 Å². The lowest BCUT2D eigenvalue weighted by Crippen LogP contribution is -2.28. The molecule has 0 saturated heterocycles. The van der Waals surface area contributed by atoms with Gasteiger partial charge in [-0.25, -0.2) is 14.6 Å². The molecule has 2 aromatic rings. The van der Waals surface area contributed by atoms with Crippen LogP contribution in [-0.2, 0) is 6.54 Å². The van der Waals surface area contributed by atoms with E-state index in [9.17, 15) is 9.59 Å². The molecule has 0 aliphatic carbocycles. The number of aromatic carboxylic acids is 1. The molecule has 0 unspecified atom stereocenters. The monoisotopic (exact) mass is 277 g/mol. The Labute approximate surface area is 113 Å². The molecule has 2 rings (SSSR count). The molecule has 0 saturated carbocycles. The van der Waals surface area contributed by atoms with Gasteiger partial charge in [-0.15, -0.1) is 11.3 Å². The fourth-order valence-electron chi connectivity index (χ4n) is 1.37. The van der Waals surface area contributed by atoms with Crippen LogP contribution in [0, 0.1) is 0 Å². The lowest BCUT2D eigenvalue weighted by molar-refractivity contribution is 0.0697. The van der Waals surface area contributed by atoms with Crippen molar-refractivity contribution in [2.24, 2.45) is 0 Å². The van der Waals surface area contributed by atoms with Crippen LogP contribution in [-0.4, -0.2) is 22.1 Å².